The van der Waals surface area contributed by atoms with E-state index in [1.165, 1.54) is 13.8 Å². The van der Waals surface area contributed by atoms with Gasteiger partial charge in [-0.1, -0.05) is 46.3 Å². The van der Waals surface area contributed by atoms with E-state index >= 15 is 4.79 Å². The van der Waals surface area contributed by atoms with E-state index in [4.69, 9.17) is 42.6 Å². The second kappa shape index (κ2) is 22.1. The summed E-state index contributed by atoms with van der Waals surface area (Å²) in [6.45, 7) is 14.0. The van der Waals surface area contributed by atoms with Gasteiger partial charge in [-0.25, -0.2) is 0 Å². The molecule has 0 radical (unpaired) electrons. The molecule has 4 saturated heterocycles. The van der Waals surface area contributed by atoms with Crippen LogP contribution in [0.3, 0.4) is 0 Å². The number of rotatable bonds is 12. The second-order valence-electron chi connectivity index (χ2n) is 26.1. The Kier molecular flexibility index (Phi) is 17.1. The van der Waals surface area contributed by atoms with Crippen molar-refractivity contribution in [3.05, 3.63) is 11.6 Å². The standard InChI is InChI=1S/C55H86O24/c1-23-33(58)36(61)40(65)46(73-23)78-43-27(20-56)75-44(42(67)38(43)63)71-22-29-34(59)37(62)41(66)47(76-29)79-49(70)55-17-15-51(5,48(68)69)19-26(55)25-9-10-31-52(6)13-12-32(77-45-39(64)35(60)28(21-72-45)74-24(2)57)50(3,4)30(52)11-14-54(31,8)53(25,7)16-18-55/h9,23,26-47,56,58-67H,10-22H2,1-8H3,(H,68,69). The molecule has 0 aromatic carbocycles. The highest BCUT2D eigenvalue weighted by Gasteiger charge is 2.71. The Balaban J connectivity index is 0.904. The van der Waals surface area contributed by atoms with Crippen LogP contribution in [0.1, 0.15) is 120 Å². The molecule has 0 bridgehead atoms. The van der Waals surface area contributed by atoms with Crippen molar-refractivity contribution in [2.24, 2.45) is 50.2 Å². The van der Waals surface area contributed by atoms with Gasteiger partial charge in [-0.05, 0) is 117 Å². The van der Waals surface area contributed by atoms with Gasteiger partial charge in [0.05, 0.1) is 42.9 Å². The predicted molar refractivity (Wildman–Crippen MR) is 267 cm³/mol. The fourth-order valence-corrected chi connectivity index (χ4v) is 16.4. The molecule has 8 fully saturated rings. The first-order chi connectivity index (χ1) is 36.9. The van der Waals surface area contributed by atoms with Crippen LogP contribution in [-0.4, -0.2) is 222 Å². The zero-order chi connectivity index (χ0) is 57.9. The molecular weight excluding hydrogens is 1040 g/mol. The van der Waals surface area contributed by atoms with Crippen molar-refractivity contribution in [3.63, 3.8) is 0 Å². The van der Waals surface area contributed by atoms with Crippen molar-refractivity contribution in [1.29, 1.82) is 0 Å². The number of carbonyl (C=O) groups is 3. The minimum absolute atomic E-state index is 0.123. The van der Waals surface area contributed by atoms with E-state index in [-0.39, 0.29) is 54.6 Å². The van der Waals surface area contributed by atoms with Gasteiger partial charge in [-0.15, -0.1) is 0 Å². The smallest absolute Gasteiger partial charge is 0.315 e. The van der Waals surface area contributed by atoms with E-state index < -0.39 is 175 Å². The van der Waals surface area contributed by atoms with Gasteiger partial charge in [0.15, 0.2) is 25.0 Å². The topological polar surface area (TPSA) is 377 Å². The number of esters is 2. The number of aliphatic hydroxyl groups is 11. The van der Waals surface area contributed by atoms with E-state index in [0.717, 1.165) is 24.8 Å². The van der Waals surface area contributed by atoms with Gasteiger partial charge in [-0.3, -0.25) is 14.4 Å². The molecule has 4 aliphatic heterocycles. The number of carboxylic acids is 1. The predicted octanol–water partition coefficient (Wildman–Crippen LogP) is -0.733. The number of aliphatic hydroxyl groups excluding tert-OH is 11. The molecule has 450 valence electrons. The van der Waals surface area contributed by atoms with Crippen LogP contribution >= 0.6 is 0 Å². The number of hydrogen-bond acceptors (Lipinski definition) is 23. The van der Waals surface area contributed by atoms with Gasteiger partial charge in [0.25, 0.3) is 0 Å². The molecule has 4 saturated carbocycles. The Morgan fingerprint density at radius 3 is 1.95 bits per heavy atom. The maximum Gasteiger partial charge on any atom is 0.315 e. The Morgan fingerprint density at radius 1 is 0.646 bits per heavy atom. The van der Waals surface area contributed by atoms with E-state index in [9.17, 15) is 70.9 Å². The minimum atomic E-state index is -1.96. The summed E-state index contributed by atoms with van der Waals surface area (Å²) in [4.78, 5) is 39.9. The lowest BCUT2D eigenvalue weighted by Crippen LogP contribution is -2.66. The molecule has 79 heavy (non-hydrogen) atoms. The number of carboxylic acid groups (broad SMARTS) is 1. The molecule has 0 spiro atoms. The SMILES string of the molecule is CC(=O)OC1COC(OC2CCC3(C)C(CCC4(C)C3CC=C3C5CC(C)(C(=O)O)CCC5(C(=O)OC5OC(COC6OC(CO)C(OC7OC(C)C(O)C(O)C7O)C(O)C6O)C(O)C(O)C5O)CCC34C)C2(C)C)C(O)C1O. The summed E-state index contributed by atoms with van der Waals surface area (Å²) < 4.78 is 52.2. The summed E-state index contributed by atoms with van der Waals surface area (Å²) in [5.41, 5.74) is -2.92. The molecule has 9 aliphatic rings. The zero-order valence-electron chi connectivity index (χ0n) is 46.3. The Labute approximate surface area is 459 Å². The molecule has 24 heteroatoms. The molecule has 9 rings (SSSR count). The molecule has 0 aromatic rings. The molecular formula is C55H86O24. The summed E-state index contributed by atoms with van der Waals surface area (Å²) in [7, 11) is 0. The molecule has 28 unspecified atom stereocenters. The molecule has 24 nitrogen and oxygen atoms in total. The highest BCUT2D eigenvalue weighted by molar-refractivity contribution is 5.81. The summed E-state index contributed by atoms with van der Waals surface area (Å²) in [6, 6.07) is 0. The third kappa shape index (κ3) is 10.1. The molecule has 28 atom stereocenters. The second-order valence-corrected chi connectivity index (χ2v) is 26.1. The Bertz CT molecular complexity index is 2270. The highest BCUT2D eigenvalue weighted by atomic mass is 16.8. The normalized spacial score (nSPS) is 52.5. The first kappa shape index (κ1) is 61.0. The monoisotopic (exact) mass is 1130 g/mol. The molecule has 5 aliphatic carbocycles. The van der Waals surface area contributed by atoms with Crippen LogP contribution in [0, 0.1) is 50.2 Å². The summed E-state index contributed by atoms with van der Waals surface area (Å²) in [5, 5.41) is 130. The van der Waals surface area contributed by atoms with Crippen molar-refractivity contribution in [1.82, 2.24) is 0 Å². The van der Waals surface area contributed by atoms with Gasteiger partial charge in [0.1, 0.15) is 79.4 Å². The first-order valence-electron chi connectivity index (χ1n) is 28.1. The van der Waals surface area contributed by atoms with Crippen LogP contribution in [0.25, 0.3) is 0 Å². The van der Waals surface area contributed by atoms with Gasteiger partial charge >= 0.3 is 17.9 Å². The first-order valence-corrected chi connectivity index (χ1v) is 28.1. The lowest BCUT2D eigenvalue weighted by Gasteiger charge is -2.71. The third-order valence-electron chi connectivity index (χ3n) is 21.6. The fourth-order valence-electron chi connectivity index (χ4n) is 16.4. The van der Waals surface area contributed by atoms with Gasteiger partial charge < -0.3 is 104 Å². The Hall–Kier alpha value is -2.57. The van der Waals surface area contributed by atoms with Crippen LogP contribution in [-0.2, 0) is 57.0 Å². The van der Waals surface area contributed by atoms with E-state index in [2.05, 4.69) is 40.7 Å². The van der Waals surface area contributed by atoms with Crippen molar-refractivity contribution in [2.75, 3.05) is 19.8 Å². The van der Waals surface area contributed by atoms with Gasteiger partial charge in [0, 0.05) is 6.92 Å². The largest absolute Gasteiger partial charge is 0.481 e. The van der Waals surface area contributed by atoms with Gasteiger partial charge in [0.2, 0.25) is 6.29 Å². The maximum atomic E-state index is 15.2. The summed E-state index contributed by atoms with van der Waals surface area (Å²) in [6.07, 6.45) is -23.3. The number of fused-ring (bicyclic) bond motifs is 7. The minimum Gasteiger partial charge on any atom is -0.481 e. The van der Waals surface area contributed by atoms with Crippen LogP contribution < -0.4 is 0 Å². The number of ether oxygens (including phenoxy) is 9. The fraction of sp³-hybridized carbons (Fsp3) is 0.909. The average Bonchev–Trinajstić information content (AvgIpc) is 3.59. The number of aliphatic carboxylic acids is 1. The average molecular weight is 1130 g/mol. The Morgan fingerprint density at radius 2 is 1.28 bits per heavy atom. The van der Waals surface area contributed by atoms with Gasteiger partial charge in [-0.2, -0.15) is 0 Å². The quantitative estimate of drug-likeness (QED) is 0.0651. The summed E-state index contributed by atoms with van der Waals surface area (Å²) in [5.74, 6) is -2.65. The molecule has 0 aromatic heterocycles. The van der Waals surface area contributed by atoms with Crippen molar-refractivity contribution >= 4 is 17.9 Å². The van der Waals surface area contributed by atoms with Crippen LogP contribution in [0.15, 0.2) is 11.6 Å². The zero-order valence-corrected chi connectivity index (χ0v) is 46.3. The van der Waals surface area contributed by atoms with E-state index in [1.807, 2.05) is 0 Å². The highest BCUT2D eigenvalue weighted by Crippen LogP contribution is 2.76. The van der Waals surface area contributed by atoms with Crippen LogP contribution in [0.5, 0.6) is 0 Å². The number of allylic oxidation sites excluding steroid dienone is 2. The van der Waals surface area contributed by atoms with Crippen molar-refractivity contribution in [2.45, 2.75) is 242 Å². The molecule has 12 N–H and O–H groups in total. The van der Waals surface area contributed by atoms with E-state index in [0.29, 0.717) is 25.7 Å². The number of carbonyl (C=O) groups excluding carboxylic acids is 2. The van der Waals surface area contributed by atoms with Crippen LogP contribution in [0.4, 0.5) is 0 Å². The lowest BCUT2D eigenvalue weighted by atomic mass is 9.33. The maximum absolute atomic E-state index is 15.2. The third-order valence-corrected chi connectivity index (χ3v) is 21.6. The summed E-state index contributed by atoms with van der Waals surface area (Å²) >= 11 is 0. The van der Waals surface area contributed by atoms with Crippen molar-refractivity contribution in [3.8, 4) is 0 Å². The van der Waals surface area contributed by atoms with E-state index in [1.54, 1.807) is 6.92 Å². The number of hydrogen-bond donors (Lipinski definition) is 12. The lowest BCUT2D eigenvalue weighted by molar-refractivity contribution is -0.361. The van der Waals surface area contributed by atoms with Crippen molar-refractivity contribution < 1.29 is 118 Å². The van der Waals surface area contributed by atoms with Crippen LogP contribution in [0.2, 0.25) is 0 Å². The molecule has 0 amide bonds. The molecule has 4 heterocycles.